The fourth-order valence-electron chi connectivity index (χ4n) is 2.44. The van der Waals surface area contributed by atoms with E-state index in [0.29, 0.717) is 18.9 Å². The van der Waals surface area contributed by atoms with Gasteiger partial charge in [-0.2, -0.15) is 0 Å². The van der Waals surface area contributed by atoms with Gasteiger partial charge < -0.3 is 4.57 Å². The molecule has 18 heavy (non-hydrogen) atoms. The third-order valence-corrected chi connectivity index (χ3v) is 4.57. The zero-order chi connectivity index (χ0) is 13.1. The lowest BCUT2D eigenvalue weighted by molar-refractivity contribution is 0.0970. The molecular weight excluding hydrogens is 294 g/mol. The highest BCUT2D eigenvalue weighted by Gasteiger charge is 2.21. The molecule has 0 saturated heterocycles. The molecule has 1 unspecified atom stereocenters. The zero-order valence-corrected chi connectivity index (χ0v) is 12.2. The summed E-state index contributed by atoms with van der Waals surface area (Å²) < 4.78 is 1.81. The average molecular weight is 312 g/mol. The maximum Gasteiger partial charge on any atom is 0.250 e. The minimum absolute atomic E-state index is 0.0165. The molecule has 0 aliphatic heterocycles. The van der Waals surface area contributed by atoms with E-state index in [1.807, 2.05) is 4.57 Å². The summed E-state index contributed by atoms with van der Waals surface area (Å²) >= 11 is 3.48. The van der Waals surface area contributed by atoms with E-state index < -0.39 is 0 Å². The van der Waals surface area contributed by atoms with Crippen LogP contribution in [0.5, 0.6) is 0 Å². The van der Waals surface area contributed by atoms with Crippen LogP contribution in [0.4, 0.5) is 0 Å². The maximum absolute atomic E-state index is 12.0. The van der Waals surface area contributed by atoms with Crippen LogP contribution in [0.15, 0.2) is 16.9 Å². The van der Waals surface area contributed by atoms with Crippen molar-refractivity contribution in [2.24, 2.45) is 5.92 Å². The first-order valence-corrected chi connectivity index (χ1v) is 7.61. The van der Waals surface area contributed by atoms with Gasteiger partial charge in [0.25, 0.3) is 5.56 Å². The summed E-state index contributed by atoms with van der Waals surface area (Å²) in [6.07, 6.45) is 3.34. The van der Waals surface area contributed by atoms with E-state index >= 15 is 0 Å². The number of pyridine rings is 1. The van der Waals surface area contributed by atoms with Gasteiger partial charge in [0.1, 0.15) is 0 Å². The Kier molecular flexibility index (Phi) is 4.38. The van der Waals surface area contributed by atoms with Gasteiger partial charge in [0.15, 0.2) is 5.78 Å². The third-order valence-electron chi connectivity index (χ3n) is 3.65. The molecule has 0 fully saturated rings. The first-order valence-electron chi connectivity index (χ1n) is 6.49. The van der Waals surface area contributed by atoms with Crippen LogP contribution in [0.3, 0.4) is 0 Å². The minimum Gasteiger partial charge on any atom is -0.312 e. The number of halogens is 1. The van der Waals surface area contributed by atoms with Crippen molar-refractivity contribution in [3.63, 3.8) is 0 Å². The number of rotatable bonds is 4. The van der Waals surface area contributed by atoms with Crippen LogP contribution in [-0.4, -0.2) is 15.7 Å². The number of ketones is 1. The number of fused-ring (bicyclic) bond motifs is 1. The second kappa shape index (κ2) is 5.83. The Hall–Kier alpha value is -0.900. The second-order valence-electron chi connectivity index (χ2n) is 4.85. The van der Waals surface area contributed by atoms with Crippen molar-refractivity contribution >= 4 is 21.7 Å². The number of nitrogens with zero attached hydrogens (tertiary/aromatic N) is 1. The van der Waals surface area contributed by atoms with E-state index in [1.165, 1.54) is 6.07 Å². The fraction of sp³-hybridized carbons (Fsp3) is 0.571. The SMILES string of the molecule is CCC(CBr)Cn1c2c(ccc1=O)C(=O)CCC2. The number of carbonyl (C=O) groups is 1. The van der Waals surface area contributed by atoms with Crippen molar-refractivity contribution < 1.29 is 4.79 Å². The van der Waals surface area contributed by atoms with Crippen LogP contribution in [-0.2, 0) is 13.0 Å². The normalized spacial score (nSPS) is 16.4. The van der Waals surface area contributed by atoms with Crippen LogP contribution in [0.2, 0.25) is 0 Å². The van der Waals surface area contributed by atoms with Crippen LogP contribution in [0.25, 0.3) is 0 Å². The lowest BCUT2D eigenvalue weighted by Crippen LogP contribution is -2.30. The molecule has 2 rings (SSSR count). The summed E-state index contributed by atoms with van der Waals surface area (Å²) in [6, 6.07) is 3.23. The highest BCUT2D eigenvalue weighted by molar-refractivity contribution is 9.09. The van der Waals surface area contributed by atoms with Gasteiger partial charge in [0.2, 0.25) is 0 Å². The molecule has 1 heterocycles. The summed E-state index contributed by atoms with van der Waals surface area (Å²) in [4.78, 5) is 23.9. The molecule has 0 spiro atoms. The number of Topliss-reactive ketones (excluding diaryl/α,β-unsaturated/α-hetero) is 1. The van der Waals surface area contributed by atoms with E-state index in [0.717, 1.165) is 35.8 Å². The van der Waals surface area contributed by atoms with E-state index in [-0.39, 0.29) is 11.3 Å². The highest BCUT2D eigenvalue weighted by atomic mass is 79.9. The molecule has 1 aliphatic carbocycles. The van der Waals surface area contributed by atoms with Gasteiger partial charge in [0, 0.05) is 35.6 Å². The average Bonchev–Trinajstić information content (AvgIpc) is 2.38. The van der Waals surface area contributed by atoms with Crippen LogP contribution in [0, 0.1) is 5.92 Å². The smallest absolute Gasteiger partial charge is 0.250 e. The molecule has 3 nitrogen and oxygen atoms in total. The Morgan fingerprint density at radius 3 is 2.78 bits per heavy atom. The number of hydrogen-bond acceptors (Lipinski definition) is 2. The number of hydrogen-bond donors (Lipinski definition) is 0. The monoisotopic (exact) mass is 311 g/mol. The molecule has 4 heteroatoms. The summed E-state index contributed by atoms with van der Waals surface area (Å²) in [5.74, 6) is 0.614. The highest BCUT2D eigenvalue weighted by Crippen LogP contribution is 2.21. The van der Waals surface area contributed by atoms with Crippen molar-refractivity contribution in [2.75, 3.05) is 5.33 Å². The van der Waals surface area contributed by atoms with Crippen molar-refractivity contribution in [1.82, 2.24) is 4.57 Å². The standard InChI is InChI=1S/C14H18BrNO2/c1-2-10(8-15)9-16-12-4-3-5-13(17)11(12)6-7-14(16)18/h6-7,10H,2-5,8-9H2,1H3. The van der Waals surface area contributed by atoms with Gasteiger partial charge in [0.05, 0.1) is 0 Å². The number of aromatic nitrogens is 1. The summed E-state index contributed by atoms with van der Waals surface area (Å²) in [6.45, 7) is 2.83. The van der Waals surface area contributed by atoms with Crippen molar-refractivity contribution in [2.45, 2.75) is 39.2 Å². The zero-order valence-electron chi connectivity index (χ0n) is 10.6. The van der Waals surface area contributed by atoms with Gasteiger partial charge in [-0.05, 0) is 24.8 Å². The van der Waals surface area contributed by atoms with Crippen molar-refractivity contribution in [1.29, 1.82) is 0 Å². The second-order valence-corrected chi connectivity index (χ2v) is 5.50. The lowest BCUT2D eigenvalue weighted by Gasteiger charge is -2.22. The molecule has 0 N–H and O–H groups in total. The van der Waals surface area contributed by atoms with Crippen molar-refractivity contribution in [3.8, 4) is 0 Å². The molecule has 0 radical (unpaired) electrons. The Labute approximate surface area is 115 Å². The van der Waals surface area contributed by atoms with Crippen molar-refractivity contribution in [3.05, 3.63) is 33.7 Å². The summed E-state index contributed by atoms with van der Waals surface area (Å²) in [7, 11) is 0. The number of alkyl halides is 1. The van der Waals surface area contributed by atoms with E-state index in [4.69, 9.17) is 0 Å². The summed E-state index contributed by atoms with van der Waals surface area (Å²) in [5, 5.41) is 0.882. The molecule has 1 atom stereocenters. The first-order chi connectivity index (χ1) is 8.67. The van der Waals surface area contributed by atoms with Gasteiger partial charge in [-0.3, -0.25) is 9.59 Å². The molecule has 0 bridgehead atoms. The quantitative estimate of drug-likeness (QED) is 0.802. The Balaban J connectivity index is 2.43. The third kappa shape index (κ3) is 2.58. The van der Waals surface area contributed by atoms with Crippen LogP contribution in [0.1, 0.15) is 42.2 Å². The molecular formula is C14H18BrNO2. The lowest BCUT2D eigenvalue weighted by atomic mass is 9.94. The van der Waals surface area contributed by atoms with Gasteiger partial charge in [-0.1, -0.05) is 29.3 Å². The number of carbonyl (C=O) groups excluding carboxylic acids is 1. The Morgan fingerprint density at radius 1 is 1.33 bits per heavy atom. The van der Waals surface area contributed by atoms with E-state index in [9.17, 15) is 9.59 Å². The molecule has 1 aromatic heterocycles. The fourth-order valence-corrected chi connectivity index (χ4v) is 3.10. The van der Waals surface area contributed by atoms with E-state index in [1.54, 1.807) is 6.07 Å². The van der Waals surface area contributed by atoms with Gasteiger partial charge in [-0.25, -0.2) is 0 Å². The summed E-state index contributed by atoms with van der Waals surface area (Å²) in [5.41, 5.74) is 1.71. The Morgan fingerprint density at radius 2 is 2.11 bits per heavy atom. The molecule has 0 aromatic carbocycles. The predicted octanol–water partition coefficient (Wildman–Crippen LogP) is 2.79. The molecule has 1 aliphatic rings. The maximum atomic E-state index is 12.0. The topological polar surface area (TPSA) is 39.1 Å². The Bertz CT molecular complexity index is 503. The van der Waals surface area contributed by atoms with E-state index in [2.05, 4.69) is 22.9 Å². The molecule has 98 valence electrons. The molecule has 1 aromatic rings. The van der Waals surface area contributed by atoms with Gasteiger partial charge >= 0.3 is 0 Å². The van der Waals surface area contributed by atoms with Crippen LogP contribution >= 0.6 is 15.9 Å². The molecule has 0 amide bonds. The van der Waals surface area contributed by atoms with Gasteiger partial charge in [-0.15, -0.1) is 0 Å². The van der Waals surface area contributed by atoms with Crippen LogP contribution < -0.4 is 5.56 Å². The first kappa shape index (κ1) is 13.5. The largest absolute Gasteiger partial charge is 0.312 e. The molecule has 0 saturated carbocycles. The predicted molar refractivity (Wildman–Crippen MR) is 75.5 cm³/mol. The minimum atomic E-state index is 0.0165.